The lowest BCUT2D eigenvalue weighted by molar-refractivity contribution is -0.141. The van der Waals surface area contributed by atoms with Gasteiger partial charge in [0.05, 0.1) is 0 Å². The Labute approximate surface area is 101 Å². The molecule has 1 aliphatic carbocycles. The van der Waals surface area contributed by atoms with Crippen LogP contribution in [0, 0.1) is 5.92 Å². The number of hydrogen-bond donors (Lipinski definition) is 1. The molecule has 0 radical (unpaired) electrons. The largest absolute Gasteiger partial charge is 0.465 e. The molecule has 100 valence electrons. The zero-order valence-corrected chi connectivity index (χ0v) is 9.61. The minimum absolute atomic E-state index is 0.0540. The van der Waals surface area contributed by atoms with Gasteiger partial charge >= 0.3 is 12.3 Å². The smallest absolute Gasteiger partial charge is 0.435 e. The molecule has 1 aromatic heterocycles. The van der Waals surface area contributed by atoms with E-state index in [2.05, 4.69) is 5.10 Å². The van der Waals surface area contributed by atoms with Crippen LogP contribution in [0.1, 0.15) is 18.5 Å². The van der Waals surface area contributed by atoms with E-state index in [1.165, 1.54) is 7.05 Å². The van der Waals surface area contributed by atoms with E-state index in [1.807, 2.05) is 0 Å². The van der Waals surface area contributed by atoms with Crippen molar-refractivity contribution in [2.24, 2.45) is 5.92 Å². The molecule has 5 nitrogen and oxygen atoms in total. The summed E-state index contributed by atoms with van der Waals surface area (Å²) in [5, 5.41) is 12.3. The van der Waals surface area contributed by atoms with Gasteiger partial charge in [0.15, 0.2) is 5.69 Å². The molecule has 1 aromatic rings. The van der Waals surface area contributed by atoms with Gasteiger partial charge in [0.1, 0.15) is 5.82 Å². The first kappa shape index (κ1) is 12.7. The molecule has 1 amide bonds. The fourth-order valence-electron chi connectivity index (χ4n) is 1.59. The molecular weight excluding hydrogens is 251 g/mol. The molecule has 1 heterocycles. The third kappa shape index (κ3) is 2.57. The van der Waals surface area contributed by atoms with Crippen LogP contribution in [0.15, 0.2) is 6.07 Å². The van der Waals surface area contributed by atoms with E-state index in [4.69, 9.17) is 5.11 Å². The van der Waals surface area contributed by atoms with Crippen LogP contribution in [0.3, 0.4) is 0 Å². The standard InChI is InChI=1S/C10H12F3N3O2/c1-15(9(17)18)8-4-7(10(11,12)13)14-16(8)5-6-2-3-6/h4,6H,2-3,5H2,1H3,(H,17,18). The molecular formula is C10H12F3N3O2. The Hall–Kier alpha value is -1.73. The third-order valence-electron chi connectivity index (χ3n) is 2.81. The van der Waals surface area contributed by atoms with Crippen LogP contribution in [-0.4, -0.2) is 28.0 Å². The number of hydrogen-bond acceptors (Lipinski definition) is 2. The lowest BCUT2D eigenvalue weighted by atomic mass is 10.4. The van der Waals surface area contributed by atoms with Crippen molar-refractivity contribution >= 4 is 11.9 Å². The highest BCUT2D eigenvalue weighted by Crippen LogP contribution is 2.35. The summed E-state index contributed by atoms with van der Waals surface area (Å²) in [4.78, 5) is 11.6. The average molecular weight is 263 g/mol. The van der Waals surface area contributed by atoms with Gasteiger partial charge in [-0.2, -0.15) is 18.3 Å². The number of anilines is 1. The molecule has 1 N–H and O–H groups in total. The highest BCUT2D eigenvalue weighted by Gasteiger charge is 2.36. The fraction of sp³-hybridized carbons (Fsp3) is 0.600. The van der Waals surface area contributed by atoms with Crippen LogP contribution in [0.5, 0.6) is 0 Å². The Kier molecular flexibility index (Phi) is 2.95. The minimum Gasteiger partial charge on any atom is -0.465 e. The monoisotopic (exact) mass is 263 g/mol. The van der Waals surface area contributed by atoms with Crippen LogP contribution in [-0.2, 0) is 12.7 Å². The number of rotatable bonds is 3. The van der Waals surface area contributed by atoms with Crippen molar-refractivity contribution in [2.75, 3.05) is 11.9 Å². The maximum absolute atomic E-state index is 12.6. The van der Waals surface area contributed by atoms with E-state index in [0.717, 1.165) is 28.5 Å². The van der Waals surface area contributed by atoms with Crippen molar-refractivity contribution in [1.29, 1.82) is 0 Å². The van der Waals surface area contributed by atoms with Crippen molar-refractivity contribution in [2.45, 2.75) is 25.6 Å². The van der Waals surface area contributed by atoms with E-state index in [0.29, 0.717) is 12.5 Å². The molecule has 0 bridgehead atoms. The Morgan fingerprint density at radius 3 is 2.67 bits per heavy atom. The van der Waals surface area contributed by atoms with Crippen molar-refractivity contribution in [1.82, 2.24) is 9.78 Å². The van der Waals surface area contributed by atoms with E-state index < -0.39 is 18.0 Å². The van der Waals surface area contributed by atoms with E-state index in [-0.39, 0.29) is 5.82 Å². The molecule has 0 aromatic carbocycles. The van der Waals surface area contributed by atoms with Gasteiger partial charge in [-0.15, -0.1) is 0 Å². The van der Waals surface area contributed by atoms with Gasteiger partial charge in [-0.05, 0) is 18.8 Å². The van der Waals surface area contributed by atoms with Gasteiger partial charge in [-0.3, -0.25) is 4.90 Å². The van der Waals surface area contributed by atoms with Crippen LogP contribution in [0.2, 0.25) is 0 Å². The Balaban J connectivity index is 2.34. The first-order valence-corrected chi connectivity index (χ1v) is 5.40. The summed E-state index contributed by atoms with van der Waals surface area (Å²) < 4.78 is 38.8. The van der Waals surface area contributed by atoms with Crippen molar-refractivity contribution in [3.63, 3.8) is 0 Å². The molecule has 0 spiro atoms. The summed E-state index contributed by atoms with van der Waals surface area (Å²) in [6.45, 7) is 0.322. The predicted molar refractivity (Wildman–Crippen MR) is 56.4 cm³/mol. The SMILES string of the molecule is CN(C(=O)O)c1cc(C(F)(F)F)nn1CC1CC1. The lowest BCUT2D eigenvalue weighted by Gasteiger charge is -2.14. The zero-order chi connectivity index (χ0) is 13.5. The second-order valence-electron chi connectivity index (χ2n) is 4.35. The third-order valence-corrected chi connectivity index (χ3v) is 2.81. The maximum atomic E-state index is 12.6. The van der Waals surface area contributed by atoms with Gasteiger partial charge in [-0.25, -0.2) is 9.48 Å². The first-order chi connectivity index (χ1) is 8.29. The molecule has 2 rings (SSSR count). The second-order valence-corrected chi connectivity index (χ2v) is 4.35. The van der Waals surface area contributed by atoms with Gasteiger partial charge in [0.2, 0.25) is 0 Å². The maximum Gasteiger partial charge on any atom is 0.435 e. The van der Waals surface area contributed by atoms with E-state index in [1.54, 1.807) is 0 Å². The van der Waals surface area contributed by atoms with Crippen LogP contribution in [0.4, 0.5) is 23.8 Å². The fourth-order valence-corrected chi connectivity index (χ4v) is 1.59. The topological polar surface area (TPSA) is 58.4 Å². The van der Waals surface area contributed by atoms with Gasteiger partial charge < -0.3 is 5.11 Å². The number of carbonyl (C=O) groups is 1. The van der Waals surface area contributed by atoms with Crippen molar-refractivity contribution in [3.8, 4) is 0 Å². The van der Waals surface area contributed by atoms with E-state index >= 15 is 0 Å². The number of amides is 1. The first-order valence-electron chi connectivity index (χ1n) is 5.40. The molecule has 8 heteroatoms. The molecule has 1 saturated carbocycles. The summed E-state index contributed by atoms with van der Waals surface area (Å²) in [5.41, 5.74) is -1.06. The lowest BCUT2D eigenvalue weighted by Crippen LogP contribution is -2.26. The number of alkyl halides is 3. The molecule has 1 fully saturated rings. The number of carboxylic acid groups (broad SMARTS) is 1. The molecule has 1 aliphatic rings. The van der Waals surface area contributed by atoms with Crippen molar-refractivity contribution < 1.29 is 23.1 Å². The van der Waals surface area contributed by atoms with Gasteiger partial charge in [0.25, 0.3) is 0 Å². The number of nitrogens with zero attached hydrogens (tertiary/aromatic N) is 3. The quantitative estimate of drug-likeness (QED) is 0.911. The summed E-state index contributed by atoms with van der Waals surface area (Å²) in [6.07, 6.45) is -4.00. The second kappa shape index (κ2) is 4.18. The molecule has 18 heavy (non-hydrogen) atoms. The summed E-state index contributed by atoms with van der Waals surface area (Å²) in [5.74, 6) is 0.244. The minimum atomic E-state index is -4.57. The highest BCUT2D eigenvalue weighted by molar-refractivity contribution is 5.84. The Morgan fingerprint density at radius 1 is 1.61 bits per heavy atom. The highest BCUT2D eigenvalue weighted by atomic mass is 19.4. The summed E-state index contributed by atoms with van der Waals surface area (Å²) in [6, 6.07) is 0.760. The van der Waals surface area contributed by atoms with Gasteiger partial charge in [-0.1, -0.05) is 0 Å². The normalized spacial score (nSPS) is 15.8. The molecule has 0 saturated heterocycles. The molecule has 0 aliphatic heterocycles. The van der Waals surface area contributed by atoms with Crippen LogP contribution >= 0.6 is 0 Å². The molecule has 0 unspecified atom stereocenters. The number of halogens is 3. The Morgan fingerprint density at radius 2 is 2.22 bits per heavy atom. The zero-order valence-electron chi connectivity index (χ0n) is 9.61. The van der Waals surface area contributed by atoms with Gasteiger partial charge in [0, 0.05) is 19.7 Å². The number of aromatic nitrogens is 2. The summed E-state index contributed by atoms with van der Waals surface area (Å²) >= 11 is 0. The van der Waals surface area contributed by atoms with Crippen LogP contribution < -0.4 is 4.90 Å². The summed E-state index contributed by atoms with van der Waals surface area (Å²) in [7, 11) is 1.20. The van der Waals surface area contributed by atoms with E-state index in [9.17, 15) is 18.0 Å². The molecule has 0 atom stereocenters. The Bertz CT molecular complexity index is 465. The predicted octanol–water partition coefficient (Wildman–Crippen LogP) is 2.43. The average Bonchev–Trinajstić information content (AvgIpc) is 2.93. The van der Waals surface area contributed by atoms with Crippen LogP contribution in [0.25, 0.3) is 0 Å². The van der Waals surface area contributed by atoms with Crippen molar-refractivity contribution in [3.05, 3.63) is 11.8 Å².